The smallest absolute Gasteiger partial charge is 0.340 e. The third kappa shape index (κ3) is 4.91. The number of nitrogens with one attached hydrogen (secondary N) is 2. The predicted octanol–water partition coefficient (Wildman–Crippen LogP) is 3.00. The number of anilines is 3. The molecule has 0 unspecified atom stereocenters. The summed E-state index contributed by atoms with van der Waals surface area (Å²) >= 11 is 0. The first-order chi connectivity index (χ1) is 10.9. The van der Waals surface area contributed by atoms with Crippen molar-refractivity contribution >= 4 is 23.4 Å². The van der Waals surface area contributed by atoms with Crippen molar-refractivity contribution in [2.75, 3.05) is 17.2 Å². The number of benzene rings is 1. The van der Waals surface area contributed by atoms with Gasteiger partial charge in [-0.05, 0) is 39.8 Å². The summed E-state index contributed by atoms with van der Waals surface area (Å²) in [4.78, 5) is 16.3. The Labute approximate surface area is 135 Å². The number of carbonyl (C=O) groups is 1. The highest BCUT2D eigenvalue weighted by Gasteiger charge is 2.14. The highest BCUT2D eigenvalue weighted by Crippen LogP contribution is 2.21. The molecule has 0 aliphatic rings. The fraction of sp³-hybridized carbons (Fsp3) is 0.375. The second-order valence-electron chi connectivity index (χ2n) is 5.93. The van der Waals surface area contributed by atoms with E-state index in [2.05, 4.69) is 25.8 Å². The van der Waals surface area contributed by atoms with Crippen LogP contribution < -0.4 is 10.6 Å². The van der Waals surface area contributed by atoms with Gasteiger partial charge in [-0.2, -0.15) is 10.1 Å². The standard InChI is InChI=1S/C16H21N5O2/c1-5-23-14(22)11-8-6-7-9-12(11)18-13-10-17-21-15(19-13)20-16(2,3)4/h6-10H,5H2,1-4H3,(H2,18,19,20,21). The van der Waals surface area contributed by atoms with Gasteiger partial charge >= 0.3 is 5.97 Å². The Morgan fingerprint density at radius 2 is 2.00 bits per heavy atom. The molecule has 1 aromatic heterocycles. The molecule has 0 spiro atoms. The number of aromatic nitrogens is 3. The van der Waals surface area contributed by atoms with Crippen LogP contribution in [0.25, 0.3) is 0 Å². The number of nitrogens with zero attached hydrogens (tertiary/aromatic N) is 3. The van der Waals surface area contributed by atoms with Crippen molar-refractivity contribution in [2.24, 2.45) is 0 Å². The molecule has 0 radical (unpaired) electrons. The minimum atomic E-state index is -0.384. The molecule has 2 N–H and O–H groups in total. The van der Waals surface area contributed by atoms with Crippen LogP contribution >= 0.6 is 0 Å². The third-order valence-corrected chi connectivity index (χ3v) is 2.73. The summed E-state index contributed by atoms with van der Waals surface area (Å²) in [6, 6.07) is 7.09. The quantitative estimate of drug-likeness (QED) is 0.820. The maximum absolute atomic E-state index is 12.0. The van der Waals surface area contributed by atoms with Crippen LogP contribution in [0.3, 0.4) is 0 Å². The molecule has 0 saturated carbocycles. The Kier molecular flexibility index (Phi) is 5.10. The minimum absolute atomic E-state index is 0.177. The van der Waals surface area contributed by atoms with E-state index in [1.807, 2.05) is 26.8 Å². The van der Waals surface area contributed by atoms with E-state index >= 15 is 0 Å². The molecular formula is C16H21N5O2. The van der Waals surface area contributed by atoms with E-state index in [9.17, 15) is 4.79 Å². The second-order valence-corrected chi connectivity index (χ2v) is 5.93. The van der Waals surface area contributed by atoms with Crippen molar-refractivity contribution in [2.45, 2.75) is 33.2 Å². The number of ether oxygens (including phenoxy) is 1. The van der Waals surface area contributed by atoms with E-state index in [0.29, 0.717) is 29.6 Å². The van der Waals surface area contributed by atoms with Crippen LogP contribution in [0, 0.1) is 0 Å². The van der Waals surface area contributed by atoms with E-state index < -0.39 is 0 Å². The Morgan fingerprint density at radius 1 is 1.26 bits per heavy atom. The zero-order valence-electron chi connectivity index (χ0n) is 13.8. The van der Waals surface area contributed by atoms with Crippen molar-refractivity contribution in [3.63, 3.8) is 0 Å². The molecule has 23 heavy (non-hydrogen) atoms. The van der Waals surface area contributed by atoms with Gasteiger partial charge in [0.15, 0.2) is 5.82 Å². The van der Waals surface area contributed by atoms with E-state index in [4.69, 9.17) is 4.74 Å². The zero-order valence-corrected chi connectivity index (χ0v) is 13.8. The SMILES string of the molecule is CCOC(=O)c1ccccc1Nc1cnnc(NC(C)(C)C)n1. The first kappa shape index (κ1) is 16.7. The number of para-hydroxylation sites is 1. The van der Waals surface area contributed by atoms with Gasteiger partial charge in [0.05, 0.1) is 24.1 Å². The lowest BCUT2D eigenvalue weighted by molar-refractivity contribution is 0.0527. The summed E-state index contributed by atoms with van der Waals surface area (Å²) in [5.74, 6) is 0.519. The van der Waals surface area contributed by atoms with E-state index in [-0.39, 0.29) is 11.5 Å². The summed E-state index contributed by atoms with van der Waals surface area (Å²) in [5, 5.41) is 14.1. The third-order valence-electron chi connectivity index (χ3n) is 2.73. The average Bonchev–Trinajstić information content (AvgIpc) is 2.46. The van der Waals surface area contributed by atoms with Crippen molar-refractivity contribution in [3.05, 3.63) is 36.0 Å². The lowest BCUT2D eigenvalue weighted by atomic mass is 10.1. The summed E-state index contributed by atoms with van der Waals surface area (Å²) in [6.45, 7) is 8.11. The normalized spacial score (nSPS) is 11.0. The van der Waals surface area contributed by atoms with Crippen LogP contribution in [0.2, 0.25) is 0 Å². The molecule has 0 saturated heterocycles. The van der Waals surface area contributed by atoms with Crippen LogP contribution in [-0.4, -0.2) is 33.3 Å². The van der Waals surface area contributed by atoms with Gasteiger partial charge in [-0.1, -0.05) is 12.1 Å². The molecule has 0 aliphatic carbocycles. The largest absolute Gasteiger partial charge is 0.462 e. The molecule has 1 heterocycles. The molecule has 0 fully saturated rings. The highest BCUT2D eigenvalue weighted by molar-refractivity contribution is 5.96. The lowest BCUT2D eigenvalue weighted by Gasteiger charge is -2.20. The molecule has 122 valence electrons. The Hall–Kier alpha value is -2.70. The van der Waals surface area contributed by atoms with Crippen molar-refractivity contribution in [1.29, 1.82) is 0 Å². The average molecular weight is 315 g/mol. The fourth-order valence-corrected chi connectivity index (χ4v) is 1.87. The van der Waals surface area contributed by atoms with E-state index in [1.54, 1.807) is 25.1 Å². The predicted molar refractivity (Wildman–Crippen MR) is 88.9 cm³/mol. The monoisotopic (exact) mass is 315 g/mol. The molecule has 2 rings (SSSR count). The van der Waals surface area contributed by atoms with Crippen LogP contribution in [0.15, 0.2) is 30.5 Å². The van der Waals surface area contributed by atoms with Gasteiger partial charge in [0, 0.05) is 5.54 Å². The number of rotatable bonds is 5. The summed E-state index contributed by atoms with van der Waals surface area (Å²) in [5.41, 5.74) is 0.870. The maximum atomic E-state index is 12.0. The first-order valence-electron chi connectivity index (χ1n) is 7.40. The van der Waals surface area contributed by atoms with Gasteiger partial charge in [-0.3, -0.25) is 0 Å². The number of esters is 1. The van der Waals surface area contributed by atoms with Crippen LogP contribution in [0.5, 0.6) is 0 Å². The van der Waals surface area contributed by atoms with E-state index in [0.717, 1.165) is 0 Å². The Bertz CT molecular complexity index is 682. The topological polar surface area (TPSA) is 89.0 Å². The number of hydrogen-bond donors (Lipinski definition) is 2. The molecule has 0 aliphatic heterocycles. The molecule has 0 atom stereocenters. The lowest BCUT2D eigenvalue weighted by Crippen LogP contribution is -2.27. The zero-order chi connectivity index (χ0) is 16.9. The van der Waals surface area contributed by atoms with Gasteiger partial charge in [-0.15, -0.1) is 5.10 Å². The highest BCUT2D eigenvalue weighted by atomic mass is 16.5. The van der Waals surface area contributed by atoms with Gasteiger partial charge in [0.1, 0.15) is 0 Å². The molecule has 0 bridgehead atoms. The van der Waals surface area contributed by atoms with Gasteiger partial charge in [0.2, 0.25) is 5.95 Å². The van der Waals surface area contributed by atoms with Crippen LogP contribution in [0.1, 0.15) is 38.1 Å². The first-order valence-corrected chi connectivity index (χ1v) is 7.40. The van der Waals surface area contributed by atoms with Gasteiger partial charge in [-0.25, -0.2) is 4.79 Å². The van der Waals surface area contributed by atoms with Crippen molar-refractivity contribution in [1.82, 2.24) is 15.2 Å². The molecule has 2 aromatic rings. The van der Waals surface area contributed by atoms with Gasteiger partial charge < -0.3 is 15.4 Å². The maximum Gasteiger partial charge on any atom is 0.340 e. The van der Waals surface area contributed by atoms with Crippen LogP contribution in [0.4, 0.5) is 17.5 Å². The van der Waals surface area contributed by atoms with Crippen molar-refractivity contribution in [3.8, 4) is 0 Å². The fourth-order valence-electron chi connectivity index (χ4n) is 1.87. The molecule has 7 nitrogen and oxygen atoms in total. The summed E-state index contributed by atoms with van der Waals surface area (Å²) in [7, 11) is 0. The van der Waals surface area contributed by atoms with Crippen LogP contribution in [-0.2, 0) is 4.74 Å². The summed E-state index contributed by atoms with van der Waals surface area (Å²) in [6.07, 6.45) is 1.50. The Balaban J connectivity index is 2.23. The Morgan fingerprint density at radius 3 is 2.70 bits per heavy atom. The number of hydrogen-bond acceptors (Lipinski definition) is 7. The molecular weight excluding hydrogens is 294 g/mol. The molecule has 1 aromatic carbocycles. The molecule has 0 amide bonds. The second kappa shape index (κ2) is 7.04. The summed E-state index contributed by atoms with van der Waals surface area (Å²) < 4.78 is 5.06. The van der Waals surface area contributed by atoms with Crippen molar-refractivity contribution < 1.29 is 9.53 Å². The minimum Gasteiger partial charge on any atom is -0.462 e. The van der Waals surface area contributed by atoms with E-state index in [1.165, 1.54) is 6.20 Å². The molecule has 7 heteroatoms. The van der Waals surface area contributed by atoms with Gasteiger partial charge in [0.25, 0.3) is 0 Å². The number of carbonyl (C=O) groups excluding carboxylic acids is 1.